The maximum atomic E-state index is 12.1. The Hall–Kier alpha value is -1.62. The summed E-state index contributed by atoms with van der Waals surface area (Å²) in [5.41, 5.74) is -0.225. The molecule has 110 valence electrons. The molecule has 1 N–H and O–H groups in total. The zero-order valence-corrected chi connectivity index (χ0v) is 12.4. The normalized spacial score (nSPS) is 11.9. The molecule has 20 heavy (non-hydrogen) atoms. The van der Waals surface area contributed by atoms with Crippen LogP contribution < -0.4 is 5.32 Å². The summed E-state index contributed by atoms with van der Waals surface area (Å²) >= 11 is 5.80. The van der Waals surface area contributed by atoms with Crippen LogP contribution >= 0.6 is 11.6 Å². The summed E-state index contributed by atoms with van der Waals surface area (Å²) in [7, 11) is 0. The van der Waals surface area contributed by atoms with Crippen LogP contribution in [0.15, 0.2) is 18.2 Å². The highest BCUT2D eigenvalue weighted by Crippen LogP contribution is 2.22. The number of unbranched alkanes of at least 4 members (excludes halogenated alkanes) is 2. The maximum Gasteiger partial charge on any atom is 0.282 e. The number of benzene rings is 1. The minimum absolute atomic E-state index is 0.00448. The molecule has 0 spiro atoms. The van der Waals surface area contributed by atoms with E-state index in [1.165, 1.54) is 18.2 Å². The van der Waals surface area contributed by atoms with Gasteiger partial charge in [0.25, 0.3) is 11.6 Å². The fourth-order valence-corrected chi connectivity index (χ4v) is 2.10. The average molecular weight is 299 g/mol. The lowest BCUT2D eigenvalue weighted by atomic mass is 10.1. The SMILES string of the molecule is CCCCCC(C)NC(=O)c1cc(Cl)ccc1[N+](=O)[O-]. The van der Waals surface area contributed by atoms with E-state index in [2.05, 4.69) is 12.2 Å². The van der Waals surface area contributed by atoms with E-state index >= 15 is 0 Å². The Morgan fingerprint density at radius 1 is 1.45 bits per heavy atom. The molecule has 0 fully saturated rings. The lowest BCUT2D eigenvalue weighted by molar-refractivity contribution is -0.385. The first kappa shape index (κ1) is 16.4. The highest BCUT2D eigenvalue weighted by atomic mass is 35.5. The van der Waals surface area contributed by atoms with E-state index < -0.39 is 10.8 Å². The number of nitro benzene ring substituents is 1. The Morgan fingerprint density at radius 3 is 2.75 bits per heavy atom. The summed E-state index contributed by atoms with van der Waals surface area (Å²) in [6, 6.07) is 3.96. The van der Waals surface area contributed by atoms with Crippen molar-refractivity contribution >= 4 is 23.2 Å². The fourth-order valence-electron chi connectivity index (χ4n) is 1.92. The van der Waals surface area contributed by atoms with Crippen molar-refractivity contribution in [2.45, 2.75) is 45.6 Å². The smallest absolute Gasteiger partial charge is 0.282 e. The molecule has 1 aromatic carbocycles. The van der Waals surface area contributed by atoms with Crippen molar-refractivity contribution in [2.75, 3.05) is 0 Å². The van der Waals surface area contributed by atoms with Gasteiger partial charge < -0.3 is 5.32 Å². The minimum atomic E-state index is -0.576. The zero-order valence-electron chi connectivity index (χ0n) is 11.7. The lowest BCUT2D eigenvalue weighted by Gasteiger charge is -2.13. The van der Waals surface area contributed by atoms with E-state index in [1.807, 2.05) is 6.92 Å². The first-order valence-corrected chi connectivity index (χ1v) is 7.08. The Balaban J connectivity index is 2.76. The molecule has 5 nitrogen and oxygen atoms in total. The molecule has 6 heteroatoms. The molecule has 0 aliphatic rings. The topological polar surface area (TPSA) is 72.2 Å². The number of halogens is 1. The quantitative estimate of drug-likeness (QED) is 0.470. The Morgan fingerprint density at radius 2 is 2.15 bits per heavy atom. The fraction of sp³-hybridized carbons (Fsp3) is 0.500. The van der Waals surface area contributed by atoms with Crippen molar-refractivity contribution in [3.8, 4) is 0 Å². The van der Waals surface area contributed by atoms with Crippen LogP contribution in [-0.2, 0) is 0 Å². The number of nitrogens with zero attached hydrogens (tertiary/aromatic N) is 1. The molecule has 0 aliphatic carbocycles. The first-order valence-electron chi connectivity index (χ1n) is 6.70. The van der Waals surface area contributed by atoms with Crippen LogP contribution in [0.5, 0.6) is 0 Å². The second-order valence-corrected chi connectivity index (χ2v) is 5.23. The van der Waals surface area contributed by atoms with Crippen molar-refractivity contribution in [3.05, 3.63) is 38.9 Å². The molecule has 0 saturated carbocycles. The molecular weight excluding hydrogens is 280 g/mol. The minimum Gasteiger partial charge on any atom is -0.349 e. The van der Waals surface area contributed by atoms with Crippen molar-refractivity contribution in [1.82, 2.24) is 5.32 Å². The largest absolute Gasteiger partial charge is 0.349 e. The molecule has 0 aromatic heterocycles. The number of amides is 1. The number of nitrogens with one attached hydrogen (secondary N) is 1. The van der Waals surface area contributed by atoms with E-state index in [0.29, 0.717) is 5.02 Å². The van der Waals surface area contributed by atoms with Crippen molar-refractivity contribution in [1.29, 1.82) is 0 Å². The third-order valence-electron chi connectivity index (χ3n) is 3.02. The number of carbonyl (C=O) groups is 1. The van der Waals surface area contributed by atoms with Gasteiger partial charge >= 0.3 is 0 Å². The Kier molecular flexibility index (Phi) is 6.45. The first-order chi connectivity index (χ1) is 9.45. The number of nitro groups is 1. The van der Waals surface area contributed by atoms with Gasteiger partial charge in [0.2, 0.25) is 0 Å². The standard InChI is InChI=1S/C14H19ClN2O3/c1-3-4-5-6-10(2)16-14(18)12-9-11(15)7-8-13(12)17(19)20/h7-10H,3-6H2,1-2H3,(H,16,18). The third kappa shape index (κ3) is 4.81. The average Bonchev–Trinajstić information content (AvgIpc) is 2.38. The van der Waals surface area contributed by atoms with E-state index in [0.717, 1.165) is 25.7 Å². The number of carbonyl (C=O) groups excluding carboxylic acids is 1. The highest BCUT2D eigenvalue weighted by molar-refractivity contribution is 6.31. The summed E-state index contributed by atoms with van der Waals surface area (Å²) in [5, 5.41) is 14.0. The summed E-state index contributed by atoms with van der Waals surface area (Å²) < 4.78 is 0. The zero-order chi connectivity index (χ0) is 15.1. The van der Waals surface area contributed by atoms with Gasteiger partial charge in [-0.25, -0.2) is 0 Å². The number of hydrogen-bond donors (Lipinski definition) is 1. The van der Waals surface area contributed by atoms with Crippen LogP contribution in [0.4, 0.5) is 5.69 Å². The van der Waals surface area contributed by atoms with Gasteiger partial charge in [0.1, 0.15) is 5.56 Å². The molecule has 0 bridgehead atoms. The Bertz CT molecular complexity index is 491. The number of hydrogen-bond acceptors (Lipinski definition) is 3. The Labute approximate surface area is 123 Å². The van der Waals surface area contributed by atoms with Crippen molar-refractivity contribution < 1.29 is 9.72 Å². The summed E-state index contributed by atoms with van der Waals surface area (Å²) in [6.07, 6.45) is 4.10. The monoisotopic (exact) mass is 298 g/mol. The van der Waals surface area contributed by atoms with Gasteiger partial charge in [0, 0.05) is 17.1 Å². The lowest BCUT2D eigenvalue weighted by Crippen LogP contribution is -2.32. The van der Waals surface area contributed by atoms with Crippen LogP contribution in [0, 0.1) is 10.1 Å². The third-order valence-corrected chi connectivity index (χ3v) is 3.25. The van der Waals surface area contributed by atoms with E-state index in [1.54, 1.807) is 0 Å². The second-order valence-electron chi connectivity index (χ2n) is 4.79. The number of rotatable bonds is 7. The van der Waals surface area contributed by atoms with E-state index in [9.17, 15) is 14.9 Å². The van der Waals surface area contributed by atoms with Crippen LogP contribution in [0.2, 0.25) is 5.02 Å². The predicted molar refractivity (Wildman–Crippen MR) is 79.2 cm³/mol. The van der Waals surface area contributed by atoms with Gasteiger partial charge in [0.15, 0.2) is 0 Å². The second kappa shape index (κ2) is 7.85. The van der Waals surface area contributed by atoms with Gasteiger partial charge in [-0.3, -0.25) is 14.9 Å². The summed E-state index contributed by atoms with van der Waals surface area (Å²) in [5.74, 6) is -0.455. The van der Waals surface area contributed by atoms with Crippen molar-refractivity contribution in [2.24, 2.45) is 0 Å². The molecule has 0 saturated heterocycles. The molecule has 1 atom stereocenters. The molecular formula is C14H19ClN2O3. The van der Waals surface area contributed by atoms with Crippen LogP contribution in [0.25, 0.3) is 0 Å². The predicted octanol–water partition coefficient (Wildman–Crippen LogP) is 3.95. The van der Waals surface area contributed by atoms with Gasteiger partial charge in [-0.15, -0.1) is 0 Å². The summed E-state index contributed by atoms with van der Waals surface area (Å²) in [4.78, 5) is 22.4. The molecule has 1 aromatic rings. The van der Waals surface area contributed by atoms with Gasteiger partial charge in [0.05, 0.1) is 4.92 Å². The van der Waals surface area contributed by atoms with Gasteiger partial charge in [-0.1, -0.05) is 37.8 Å². The maximum absolute atomic E-state index is 12.1. The van der Waals surface area contributed by atoms with E-state index in [4.69, 9.17) is 11.6 Å². The summed E-state index contributed by atoms with van der Waals surface area (Å²) in [6.45, 7) is 4.00. The highest BCUT2D eigenvalue weighted by Gasteiger charge is 2.21. The molecule has 0 heterocycles. The molecule has 1 rings (SSSR count). The van der Waals surface area contributed by atoms with Gasteiger partial charge in [-0.05, 0) is 25.5 Å². The van der Waals surface area contributed by atoms with Crippen molar-refractivity contribution in [3.63, 3.8) is 0 Å². The molecule has 1 amide bonds. The van der Waals surface area contributed by atoms with Crippen LogP contribution in [0.3, 0.4) is 0 Å². The van der Waals surface area contributed by atoms with Crippen LogP contribution in [-0.4, -0.2) is 16.9 Å². The van der Waals surface area contributed by atoms with Gasteiger partial charge in [-0.2, -0.15) is 0 Å². The molecule has 0 radical (unpaired) electrons. The molecule has 1 unspecified atom stereocenters. The van der Waals surface area contributed by atoms with Crippen LogP contribution in [0.1, 0.15) is 49.9 Å². The van der Waals surface area contributed by atoms with E-state index in [-0.39, 0.29) is 17.3 Å². The molecule has 0 aliphatic heterocycles.